The normalized spacial score (nSPS) is 12.9. The topological polar surface area (TPSA) is 53.8 Å². The molecule has 3 aromatic carbocycles. The summed E-state index contributed by atoms with van der Waals surface area (Å²) in [4.78, 5) is 31.4. The zero-order valence-electron chi connectivity index (χ0n) is 20.2. The number of benzene rings is 3. The molecule has 1 fully saturated rings. The highest BCUT2D eigenvalue weighted by molar-refractivity contribution is 5.91. The predicted molar refractivity (Wildman–Crippen MR) is 139 cm³/mol. The van der Waals surface area contributed by atoms with Crippen LogP contribution in [0.1, 0.15) is 41.2 Å². The summed E-state index contributed by atoms with van der Waals surface area (Å²) in [5.74, 6) is 0.153. The van der Waals surface area contributed by atoms with Gasteiger partial charge in [0.1, 0.15) is 12.3 Å². The van der Waals surface area contributed by atoms with E-state index >= 15 is 0 Å². The fourth-order valence-corrected chi connectivity index (χ4v) is 4.58. The van der Waals surface area contributed by atoms with Gasteiger partial charge in [-0.1, -0.05) is 91.0 Å². The van der Waals surface area contributed by atoms with Crippen molar-refractivity contribution in [3.63, 3.8) is 0 Å². The molecule has 182 valence electrons. The van der Waals surface area contributed by atoms with E-state index in [4.69, 9.17) is 4.42 Å². The Morgan fingerprint density at radius 1 is 0.750 bits per heavy atom. The summed E-state index contributed by atoms with van der Waals surface area (Å²) in [6.07, 6.45) is 3.46. The van der Waals surface area contributed by atoms with Gasteiger partial charge in [0.05, 0.1) is 18.7 Å². The summed E-state index contributed by atoms with van der Waals surface area (Å²) < 4.78 is 5.54. The van der Waals surface area contributed by atoms with Gasteiger partial charge < -0.3 is 14.2 Å². The van der Waals surface area contributed by atoms with Crippen LogP contribution >= 0.6 is 0 Å². The summed E-state index contributed by atoms with van der Waals surface area (Å²) in [6, 6.07) is 33.4. The number of amides is 2. The molecule has 5 heteroatoms. The molecule has 1 heterocycles. The molecular weight excluding hydrogens is 448 g/mol. The van der Waals surface area contributed by atoms with E-state index in [1.54, 1.807) is 16.1 Å². The molecular formula is C31H30N2O3. The molecule has 1 saturated carbocycles. The largest absolute Gasteiger partial charge is 0.467 e. The van der Waals surface area contributed by atoms with Gasteiger partial charge in [0, 0.05) is 12.6 Å². The first-order chi connectivity index (χ1) is 17.7. The Kier molecular flexibility index (Phi) is 7.27. The van der Waals surface area contributed by atoms with E-state index in [1.807, 2.05) is 103 Å². The third kappa shape index (κ3) is 5.74. The molecule has 0 radical (unpaired) electrons. The smallest absolute Gasteiger partial charge is 0.242 e. The van der Waals surface area contributed by atoms with E-state index in [-0.39, 0.29) is 24.4 Å². The first-order valence-corrected chi connectivity index (χ1v) is 12.4. The van der Waals surface area contributed by atoms with Gasteiger partial charge in [0.25, 0.3) is 0 Å². The van der Waals surface area contributed by atoms with Gasteiger partial charge in [0.15, 0.2) is 0 Å². The highest BCUT2D eigenvalue weighted by Crippen LogP contribution is 2.33. The Labute approximate surface area is 212 Å². The Balaban J connectivity index is 1.41. The first-order valence-electron chi connectivity index (χ1n) is 12.4. The van der Waals surface area contributed by atoms with Crippen LogP contribution in [-0.4, -0.2) is 34.2 Å². The molecule has 5 rings (SSSR count). The van der Waals surface area contributed by atoms with E-state index in [2.05, 4.69) is 0 Å². The van der Waals surface area contributed by atoms with Crippen LogP contribution in [0.4, 0.5) is 0 Å². The average Bonchev–Trinajstić information content (AvgIpc) is 3.63. The van der Waals surface area contributed by atoms with Crippen molar-refractivity contribution >= 4 is 11.8 Å². The molecule has 2 amide bonds. The van der Waals surface area contributed by atoms with Crippen LogP contribution in [0.5, 0.6) is 0 Å². The standard InChI is InChI=1S/C31H30N2O3/c34-29(32(22-28-17-10-20-36-28)21-24-11-4-1-5-12-24)23-33(27-18-19-27)31(35)30(25-13-6-2-7-14-25)26-15-8-3-9-16-26/h1-17,20,27,30H,18-19,21-23H2. The SMILES string of the molecule is O=C(CN(C(=O)C(c1ccccc1)c1ccccc1)C1CC1)N(Cc1ccccc1)Cc1ccco1. The van der Waals surface area contributed by atoms with Crippen molar-refractivity contribution < 1.29 is 14.0 Å². The third-order valence-corrected chi connectivity index (χ3v) is 6.58. The van der Waals surface area contributed by atoms with E-state index in [1.165, 1.54) is 0 Å². The lowest BCUT2D eigenvalue weighted by Gasteiger charge is -2.30. The van der Waals surface area contributed by atoms with Crippen LogP contribution in [0.2, 0.25) is 0 Å². The zero-order chi connectivity index (χ0) is 24.7. The number of carbonyl (C=O) groups excluding carboxylic acids is 2. The molecule has 36 heavy (non-hydrogen) atoms. The molecule has 0 atom stereocenters. The van der Waals surface area contributed by atoms with Gasteiger partial charge in [-0.15, -0.1) is 0 Å². The van der Waals surface area contributed by atoms with Crippen molar-refractivity contribution in [2.45, 2.75) is 37.9 Å². The summed E-state index contributed by atoms with van der Waals surface area (Å²) >= 11 is 0. The maximum Gasteiger partial charge on any atom is 0.242 e. The van der Waals surface area contributed by atoms with Gasteiger partial charge in [-0.2, -0.15) is 0 Å². The minimum Gasteiger partial charge on any atom is -0.467 e. The van der Waals surface area contributed by atoms with Crippen LogP contribution in [0, 0.1) is 0 Å². The molecule has 0 unspecified atom stereocenters. The molecule has 0 bridgehead atoms. The second kappa shape index (κ2) is 11.1. The number of nitrogens with zero attached hydrogens (tertiary/aromatic N) is 2. The lowest BCUT2D eigenvalue weighted by atomic mass is 9.90. The van der Waals surface area contributed by atoms with Crippen LogP contribution in [0.3, 0.4) is 0 Å². The van der Waals surface area contributed by atoms with Gasteiger partial charge >= 0.3 is 0 Å². The lowest BCUT2D eigenvalue weighted by Crippen LogP contribution is -2.45. The molecule has 1 aliphatic rings. The van der Waals surface area contributed by atoms with Crippen LogP contribution < -0.4 is 0 Å². The number of hydrogen-bond acceptors (Lipinski definition) is 3. The molecule has 5 nitrogen and oxygen atoms in total. The molecule has 1 aromatic heterocycles. The van der Waals surface area contributed by atoms with Crippen molar-refractivity contribution in [3.05, 3.63) is 132 Å². The number of carbonyl (C=O) groups is 2. The van der Waals surface area contributed by atoms with Crippen molar-refractivity contribution in [1.29, 1.82) is 0 Å². The number of hydrogen-bond donors (Lipinski definition) is 0. The Morgan fingerprint density at radius 2 is 1.33 bits per heavy atom. The minimum absolute atomic E-state index is 0.0269. The molecule has 0 spiro atoms. The molecule has 4 aromatic rings. The van der Waals surface area contributed by atoms with Crippen molar-refractivity contribution in [1.82, 2.24) is 9.80 Å². The summed E-state index contributed by atoms with van der Waals surface area (Å²) in [6.45, 7) is 0.856. The molecule has 0 aliphatic heterocycles. The van der Waals surface area contributed by atoms with E-state index in [9.17, 15) is 9.59 Å². The predicted octanol–water partition coefficient (Wildman–Crippen LogP) is 5.63. The molecule has 0 saturated heterocycles. The first kappa shape index (κ1) is 23.6. The minimum atomic E-state index is -0.451. The van der Waals surface area contributed by atoms with E-state index in [0.717, 1.165) is 35.3 Å². The lowest BCUT2D eigenvalue weighted by molar-refractivity contribution is -0.142. The maximum atomic E-state index is 14.1. The Bertz CT molecular complexity index is 1210. The number of rotatable bonds is 10. The van der Waals surface area contributed by atoms with Crippen molar-refractivity contribution in [3.8, 4) is 0 Å². The average molecular weight is 479 g/mol. The summed E-state index contributed by atoms with van der Waals surface area (Å²) in [5, 5.41) is 0. The highest BCUT2D eigenvalue weighted by atomic mass is 16.3. The van der Waals surface area contributed by atoms with Gasteiger partial charge in [-0.05, 0) is 41.7 Å². The van der Waals surface area contributed by atoms with Crippen LogP contribution in [-0.2, 0) is 22.7 Å². The fraction of sp³-hybridized carbons (Fsp3) is 0.226. The quantitative estimate of drug-likeness (QED) is 0.297. The van der Waals surface area contributed by atoms with Gasteiger partial charge in [0.2, 0.25) is 11.8 Å². The maximum absolute atomic E-state index is 14.1. The van der Waals surface area contributed by atoms with Crippen LogP contribution in [0.25, 0.3) is 0 Å². The van der Waals surface area contributed by atoms with Crippen molar-refractivity contribution in [2.24, 2.45) is 0 Å². The Morgan fingerprint density at radius 3 is 1.86 bits per heavy atom. The van der Waals surface area contributed by atoms with E-state index < -0.39 is 5.92 Å². The fourth-order valence-electron chi connectivity index (χ4n) is 4.58. The van der Waals surface area contributed by atoms with Crippen molar-refractivity contribution in [2.75, 3.05) is 6.54 Å². The third-order valence-electron chi connectivity index (χ3n) is 6.58. The van der Waals surface area contributed by atoms with E-state index in [0.29, 0.717) is 13.1 Å². The monoisotopic (exact) mass is 478 g/mol. The summed E-state index contributed by atoms with van der Waals surface area (Å²) in [7, 11) is 0. The molecule has 0 N–H and O–H groups in total. The number of furan rings is 1. The van der Waals surface area contributed by atoms with Gasteiger partial charge in [-0.25, -0.2) is 0 Å². The Hall–Kier alpha value is -4.12. The summed E-state index contributed by atoms with van der Waals surface area (Å²) in [5.41, 5.74) is 2.90. The molecule has 1 aliphatic carbocycles. The highest BCUT2D eigenvalue weighted by Gasteiger charge is 2.38. The second-order valence-electron chi connectivity index (χ2n) is 9.27. The van der Waals surface area contributed by atoms with Gasteiger partial charge in [-0.3, -0.25) is 9.59 Å². The second-order valence-corrected chi connectivity index (χ2v) is 9.27. The zero-order valence-corrected chi connectivity index (χ0v) is 20.2. The van der Waals surface area contributed by atoms with Crippen LogP contribution in [0.15, 0.2) is 114 Å².